The zero-order chi connectivity index (χ0) is 20.9. The van der Waals surface area contributed by atoms with Crippen molar-refractivity contribution in [2.45, 2.75) is 91.5 Å². The second kappa shape index (κ2) is 9.51. The van der Waals surface area contributed by atoms with E-state index < -0.39 is 11.7 Å². The molecule has 0 bridgehead atoms. The van der Waals surface area contributed by atoms with Crippen molar-refractivity contribution < 1.29 is 19.1 Å². The van der Waals surface area contributed by atoms with Gasteiger partial charge in [-0.25, -0.2) is 0 Å². The van der Waals surface area contributed by atoms with E-state index in [1.54, 1.807) is 6.08 Å². The van der Waals surface area contributed by atoms with Crippen LogP contribution < -0.4 is 0 Å². The number of ether oxygens (including phenoxy) is 2. The van der Waals surface area contributed by atoms with E-state index in [1.165, 1.54) is 23.6 Å². The molecule has 0 N–H and O–H groups in total. The first kappa shape index (κ1) is 22.4. The summed E-state index contributed by atoms with van der Waals surface area (Å²) in [6.45, 7) is 11.7. The van der Waals surface area contributed by atoms with E-state index in [9.17, 15) is 9.59 Å². The highest BCUT2D eigenvalue weighted by molar-refractivity contribution is 6.02. The molecule has 0 aromatic rings. The first-order valence-corrected chi connectivity index (χ1v) is 10.2. The van der Waals surface area contributed by atoms with E-state index in [1.807, 2.05) is 6.92 Å². The van der Waals surface area contributed by atoms with E-state index in [0.717, 1.165) is 31.3 Å². The molecule has 28 heavy (non-hydrogen) atoms. The Hall–Kier alpha value is -1.94. The predicted octanol–water partition coefficient (Wildman–Crippen LogP) is 5.39. The molecule has 0 amide bonds. The number of carbonyl (C=O) groups excluding carboxylic acids is 2. The maximum atomic E-state index is 12.5. The van der Waals surface area contributed by atoms with Crippen LogP contribution in [-0.4, -0.2) is 29.6 Å². The lowest BCUT2D eigenvalue weighted by Crippen LogP contribution is -2.38. The molecule has 0 spiro atoms. The maximum Gasteiger partial charge on any atom is 0.303 e. The highest BCUT2D eigenvalue weighted by atomic mass is 16.7. The highest BCUT2D eigenvalue weighted by Gasteiger charge is 2.67. The molecule has 0 aromatic heterocycles. The number of ketones is 1. The third kappa shape index (κ3) is 5.78. The van der Waals surface area contributed by atoms with Crippen LogP contribution in [0.4, 0.5) is 0 Å². The average Bonchev–Trinajstić information content (AvgIpc) is 3.33. The summed E-state index contributed by atoms with van der Waals surface area (Å²) in [5.74, 6) is -0.368. The zero-order valence-corrected chi connectivity index (χ0v) is 18.1. The lowest BCUT2D eigenvalue weighted by atomic mass is 9.84. The monoisotopic (exact) mass is 386 g/mol. The van der Waals surface area contributed by atoms with Gasteiger partial charge in [0.05, 0.1) is 0 Å². The van der Waals surface area contributed by atoms with Crippen molar-refractivity contribution in [1.29, 1.82) is 0 Å². The molecule has 3 unspecified atom stereocenters. The summed E-state index contributed by atoms with van der Waals surface area (Å²) in [6.07, 6.45) is 12.2. The number of esters is 1. The molecule has 1 saturated heterocycles. The Morgan fingerprint density at radius 2 is 1.68 bits per heavy atom. The summed E-state index contributed by atoms with van der Waals surface area (Å²) >= 11 is 0. The molecule has 154 valence electrons. The number of epoxide rings is 1. The second-order valence-electron chi connectivity index (χ2n) is 8.37. The molecule has 4 heteroatoms. The summed E-state index contributed by atoms with van der Waals surface area (Å²) in [5.41, 5.74) is 3.95. The second-order valence-corrected chi connectivity index (χ2v) is 8.37. The molecule has 0 aromatic carbocycles. The molecule has 2 aliphatic rings. The van der Waals surface area contributed by atoms with Gasteiger partial charge in [0.25, 0.3) is 0 Å². The van der Waals surface area contributed by atoms with Crippen molar-refractivity contribution in [1.82, 2.24) is 0 Å². The standard InChI is InChI=1S/C24H34O4/c1-16(2)9-7-10-17(3)11-8-12-18(4)13-14-24-21(26)15-19(5)22(23(24)28-24)27-20(6)25/h9,11,13,15,22-23H,7-8,10,12,14H2,1-6H3. The van der Waals surface area contributed by atoms with Crippen LogP contribution in [0.5, 0.6) is 0 Å². The Morgan fingerprint density at radius 3 is 2.29 bits per heavy atom. The molecule has 4 nitrogen and oxygen atoms in total. The SMILES string of the molecule is CC(=O)OC1C(C)=CC(=O)C2(CC=C(C)CCC=C(C)CCC=C(C)C)OC12. The summed E-state index contributed by atoms with van der Waals surface area (Å²) < 4.78 is 11.1. The molecule has 0 saturated carbocycles. The van der Waals surface area contributed by atoms with Crippen molar-refractivity contribution in [2.24, 2.45) is 0 Å². The fourth-order valence-electron chi connectivity index (χ4n) is 3.61. The van der Waals surface area contributed by atoms with E-state index in [0.29, 0.717) is 6.42 Å². The number of hydrogen-bond donors (Lipinski definition) is 0. The van der Waals surface area contributed by atoms with Crippen molar-refractivity contribution in [3.63, 3.8) is 0 Å². The first-order chi connectivity index (χ1) is 13.2. The Balaban J connectivity index is 1.87. The topological polar surface area (TPSA) is 55.9 Å². The smallest absolute Gasteiger partial charge is 0.303 e. The van der Waals surface area contributed by atoms with Gasteiger partial charge in [0, 0.05) is 13.3 Å². The third-order valence-corrected chi connectivity index (χ3v) is 5.41. The normalized spacial score (nSPS) is 27.1. The first-order valence-electron chi connectivity index (χ1n) is 10.2. The van der Waals surface area contributed by atoms with Crippen LogP contribution in [0.2, 0.25) is 0 Å². The van der Waals surface area contributed by atoms with E-state index in [-0.39, 0.29) is 17.9 Å². The molecule has 1 aliphatic heterocycles. The van der Waals surface area contributed by atoms with Crippen molar-refractivity contribution in [2.75, 3.05) is 0 Å². The number of carbonyl (C=O) groups is 2. The fraction of sp³-hybridized carbons (Fsp3) is 0.583. The summed E-state index contributed by atoms with van der Waals surface area (Å²) in [5, 5.41) is 0. The lowest BCUT2D eigenvalue weighted by Gasteiger charge is -2.22. The van der Waals surface area contributed by atoms with Gasteiger partial charge in [-0.15, -0.1) is 0 Å². The van der Waals surface area contributed by atoms with Crippen LogP contribution in [0, 0.1) is 0 Å². The minimum Gasteiger partial charge on any atom is -0.455 e. The quantitative estimate of drug-likeness (QED) is 0.303. The van der Waals surface area contributed by atoms with Crippen LogP contribution >= 0.6 is 0 Å². The van der Waals surface area contributed by atoms with Crippen LogP contribution in [0.1, 0.15) is 73.6 Å². The fourth-order valence-corrected chi connectivity index (χ4v) is 3.61. The molecule has 0 radical (unpaired) electrons. The minimum absolute atomic E-state index is 0.0162. The van der Waals surface area contributed by atoms with E-state index >= 15 is 0 Å². The van der Waals surface area contributed by atoms with Gasteiger partial charge in [0.15, 0.2) is 17.5 Å². The van der Waals surface area contributed by atoms with Crippen molar-refractivity contribution in [3.05, 3.63) is 46.6 Å². The van der Waals surface area contributed by atoms with Gasteiger partial charge < -0.3 is 9.47 Å². The van der Waals surface area contributed by atoms with Crippen LogP contribution in [0.15, 0.2) is 46.6 Å². The van der Waals surface area contributed by atoms with Crippen molar-refractivity contribution in [3.8, 4) is 0 Å². The van der Waals surface area contributed by atoms with Gasteiger partial charge >= 0.3 is 5.97 Å². The predicted molar refractivity (Wildman–Crippen MR) is 112 cm³/mol. The third-order valence-electron chi connectivity index (χ3n) is 5.41. The van der Waals surface area contributed by atoms with Gasteiger partial charge in [0.1, 0.15) is 6.10 Å². The molecule has 1 heterocycles. The van der Waals surface area contributed by atoms with Crippen LogP contribution in [0.25, 0.3) is 0 Å². The van der Waals surface area contributed by atoms with Crippen LogP contribution in [0.3, 0.4) is 0 Å². The molecule has 3 atom stereocenters. The maximum absolute atomic E-state index is 12.5. The van der Waals surface area contributed by atoms with Gasteiger partial charge in [-0.2, -0.15) is 0 Å². The highest BCUT2D eigenvalue weighted by Crippen LogP contribution is 2.49. The lowest BCUT2D eigenvalue weighted by molar-refractivity contribution is -0.145. The van der Waals surface area contributed by atoms with E-state index in [2.05, 4.69) is 45.9 Å². The summed E-state index contributed by atoms with van der Waals surface area (Å²) in [4.78, 5) is 23.8. The van der Waals surface area contributed by atoms with E-state index in [4.69, 9.17) is 9.47 Å². The molecular formula is C24H34O4. The van der Waals surface area contributed by atoms with Gasteiger partial charge in [0.2, 0.25) is 0 Å². The number of rotatable bonds is 9. The Labute approximate surface area is 169 Å². The Bertz CT molecular complexity index is 734. The van der Waals surface area contributed by atoms with Crippen molar-refractivity contribution >= 4 is 11.8 Å². The Kier molecular flexibility index (Phi) is 7.59. The van der Waals surface area contributed by atoms with Gasteiger partial charge in [-0.3, -0.25) is 9.59 Å². The molecule has 2 rings (SSSR count). The largest absolute Gasteiger partial charge is 0.455 e. The molecule has 1 fully saturated rings. The average molecular weight is 387 g/mol. The number of allylic oxidation sites excluding steroid dienone is 5. The summed E-state index contributed by atoms with van der Waals surface area (Å²) in [6, 6.07) is 0. The Morgan fingerprint density at radius 1 is 1.07 bits per heavy atom. The van der Waals surface area contributed by atoms with Crippen LogP contribution in [-0.2, 0) is 19.1 Å². The zero-order valence-electron chi connectivity index (χ0n) is 18.1. The number of fused-ring (bicyclic) bond motifs is 1. The summed E-state index contributed by atoms with van der Waals surface area (Å²) in [7, 11) is 0. The van der Waals surface area contributed by atoms with Gasteiger partial charge in [-0.05, 0) is 72.0 Å². The molecule has 1 aliphatic carbocycles. The van der Waals surface area contributed by atoms with Gasteiger partial charge in [-0.1, -0.05) is 34.9 Å². The molecular weight excluding hydrogens is 352 g/mol. The number of hydrogen-bond acceptors (Lipinski definition) is 4. The minimum atomic E-state index is -0.836.